The first kappa shape index (κ1) is 29.9. The van der Waals surface area contributed by atoms with Crippen LogP contribution >= 0.6 is 0 Å². The Balaban J connectivity index is 0.00000182. The monoisotopic (exact) mass is 470 g/mol. The zero-order valence-electron chi connectivity index (χ0n) is 22.8. The maximum absolute atomic E-state index is 13.2. The second-order valence-electron chi connectivity index (χ2n) is 10.3. The van der Waals surface area contributed by atoms with Gasteiger partial charge in [-0.2, -0.15) is 0 Å². The topological polar surface area (TPSA) is 68.3 Å². The zero-order chi connectivity index (χ0) is 26.0. The van der Waals surface area contributed by atoms with Gasteiger partial charge in [0.25, 0.3) is 0 Å². The number of Topliss-reactive ketones (excluding diaryl/α,β-unsaturated/α-hetero) is 4. The Morgan fingerprint density at radius 1 is 1.00 bits per heavy atom. The smallest absolute Gasteiger partial charge is 0.163 e. The van der Waals surface area contributed by atoms with Crippen LogP contribution in [0.2, 0.25) is 0 Å². The Bertz CT molecular complexity index is 880. The van der Waals surface area contributed by atoms with Gasteiger partial charge in [0.05, 0.1) is 6.42 Å². The molecule has 190 valence electrons. The molecule has 4 heteroatoms. The summed E-state index contributed by atoms with van der Waals surface area (Å²) in [5.41, 5.74) is 4.93. The van der Waals surface area contributed by atoms with Gasteiger partial charge in [0.1, 0.15) is 17.3 Å². The number of aryl methyl sites for hydroxylation is 1. The van der Waals surface area contributed by atoms with Crippen molar-refractivity contribution < 1.29 is 19.2 Å². The van der Waals surface area contributed by atoms with Gasteiger partial charge < -0.3 is 0 Å². The van der Waals surface area contributed by atoms with Gasteiger partial charge in [0.15, 0.2) is 5.78 Å². The maximum atomic E-state index is 13.2. The highest BCUT2D eigenvalue weighted by Crippen LogP contribution is 2.38. The van der Waals surface area contributed by atoms with Crippen molar-refractivity contribution in [3.63, 3.8) is 0 Å². The van der Waals surface area contributed by atoms with E-state index in [1.54, 1.807) is 6.92 Å². The zero-order valence-corrected chi connectivity index (χ0v) is 22.8. The van der Waals surface area contributed by atoms with E-state index in [1.807, 2.05) is 20.8 Å². The molecule has 0 spiro atoms. The molecule has 0 saturated carbocycles. The van der Waals surface area contributed by atoms with Gasteiger partial charge in [-0.15, -0.1) is 0 Å². The van der Waals surface area contributed by atoms with E-state index in [9.17, 15) is 19.2 Å². The molecule has 1 aromatic rings. The van der Waals surface area contributed by atoms with Gasteiger partial charge in [-0.3, -0.25) is 19.2 Å². The van der Waals surface area contributed by atoms with Crippen molar-refractivity contribution in [3.05, 3.63) is 33.9 Å². The number of hydrogen-bond donors (Lipinski definition) is 0. The van der Waals surface area contributed by atoms with E-state index in [-0.39, 0.29) is 47.3 Å². The number of ketones is 4. The molecular weight excluding hydrogens is 424 g/mol. The van der Waals surface area contributed by atoms with Crippen LogP contribution in [0, 0.1) is 31.6 Å². The quantitative estimate of drug-likeness (QED) is 0.327. The summed E-state index contributed by atoms with van der Waals surface area (Å²) in [6.45, 7) is 15.4. The van der Waals surface area contributed by atoms with Crippen LogP contribution in [0.1, 0.15) is 119 Å². The summed E-state index contributed by atoms with van der Waals surface area (Å²) in [5.74, 6) is 0.556. The molecule has 0 aromatic heterocycles. The molecule has 0 aliphatic heterocycles. The van der Waals surface area contributed by atoms with E-state index in [1.165, 1.54) is 13.3 Å². The standard InChI is InChI=1S/C27H38O4.C3H8/c1-7-9-21(23(8-2)25(30)12-18(5)29)13-20-14-24-16(3)10-22(11-17(4)28)19(6)27(24)26(31)15-20;1-3-2/h10,20-21,23H,7-9,11-15H2,1-6H3;3H2,1-2H3. The minimum absolute atomic E-state index is 0.0163. The van der Waals surface area contributed by atoms with Crippen LogP contribution in [0.5, 0.6) is 0 Å². The lowest BCUT2D eigenvalue weighted by Gasteiger charge is -2.32. The van der Waals surface area contributed by atoms with Crippen molar-refractivity contribution in [2.75, 3.05) is 0 Å². The second kappa shape index (κ2) is 14.3. The van der Waals surface area contributed by atoms with Gasteiger partial charge in [-0.1, -0.05) is 53.0 Å². The summed E-state index contributed by atoms with van der Waals surface area (Å²) in [4.78, 5) is 49.0. The van der Waals surface area contributed by atoms with Crippen LogP contribution in [0.4, 0.5) is 0 Å². The molecule has 3 atom stereocenters. The molecule has 0 fully saturated rings. The average molecular weight is 471 g/mol. The lowest BCUT2D eigenvalue weighted by molar-refractivity contribution is -0.130. The fraction of sp³-hybridized carbons (Fsp3) is 0.667. The molecule has 0 amide bonds. The molecule has 0 heterocycles. The SMILES string of the molecule is CCC.CCCC(CC1CC(=O)c2c(C)c(CC(C)=O)cc(C)c2C1)C(CC)C(=O)CC(C)=O. The van der Waals surface area contributed by atoms with E-state index < -0.39 is 0 Å². The summed E-state index contributed by atoms with van der Waals surface area (Å²) < 4.78 is 0. The van der Waals surface area contributed by atoms with Crippen molar-refractivity contribution in [2.45, 2.75) is 113 Å². The molecule has 4 nitrogen and oxygen atoms in total. The highest BCUT2D eigenvalue weighted by molar-refractivity contribution is 6.01. The minimum Gasteiger partial charge on any atom is -0.300 e. The van der Waals surface area contributed by atoms with Crippen LogP contribution in [-0.4, -0.2) is 23.1 Å². The van der Waals surface area contributed by atoms with Crippen LogP contribution in [0.3, 0.4) is 0 Å². The summed E-state index contributed by atoms with van der Waals surface area (Å²) in [7, 11) is 0. The first-order chi connectivity index (χ1) is 16.0. The Morgan fingerprint density at radius 2 is 1.62 bits per heavy atom. The third-order valence-corrected chi connectivity index (χ3v) is 6.85. The number of carbonyl (C=O) groups excluding carboxylic acids is 4. The molecule has 0 saturated heterocycles. The van der Waals surface area contributed by atoms with Crippen molar-refractivity contribution >= 4 is 23.1 Å². The number of hydrogen-bond acceptors (Lipinski definition) is 4. The molecule has 0 bridgehead atoms. The molecule has 1 aromatic carbocycles. The van der Waals surface area contributed by atoms with E-state index in [0.29, 0.717) is 12.8 Å². The van der Waals surface area contributed by atoms with Gasteiger partial charge in [0, 0.05) is 24.3 Å². The first-order valence-electron chi connectivity index (χ1n) is 13.2. The predicted octanol–water partition coefficient (Wildman–Crippen LogP) is 6.98. The minimum atomic E-state index is -0.110. The van der Waals surface area contributed by atoms with Crippen LogP contribution in [0.15, 0.2) is 6.07 Å². The highest BCUT2D eigenvalue weighted by atomic mass is 16.1. The Morgan fingerprint density at radius 3 is 2.12 bits per heavy atom. The lowest BCUT2D eigenvalue weighted by Crippen LogP contribution is -2.30. The molecule has 0 N–H and O–H groups in total. The third-order valence-electron chi connectivity index (χ3n) is 6.85. The highest BCUT2D eigenvalue weighted by Gasteiger charge is 2.34. The van der Waals surface area contributed by atoms with Crippen LogP contribution in [-0.2, 0) is 27.2 Å². The largest absolute Gasteiger partial charge is 0.300 e. The lowest BCUT2D eigenvalue weighted by atomic mass is 9.71. The van der Waals surface area contributed by atoms with Gasteiger partial charge in [-0.25, -0.2) is 0 Å². The summed E-state index contributed by atoms with van der Waals surface area (Å²) in [6, 6.07) is 2.07. The predicted molar refractivity (Wildman–Crippen MR) is 140 cm³/mol. The molecule has 1 aliphatic rings. The second-order valence-corrected chi connectivity index (χ2v) is 10.3. The number of carbonyl (C=O) groups is 4. The van der Waals surface area contributed by atoms with E-state index >= 15 is 0 Å². The molecule has 2 rings (SSSR count). The van der Waals surface area contributed by atoms with E-state index in [2.05, 4.69) is 26.8 Å². The van der Waals surface area contributed by atoms with Gasteiger partial charge >= 0.3 is 0 Å². The summed E-state index contributed by atoms with van der Waals surface area (Å²) in [5, 5.41) is 0. The fourth-order valence-electron chi connectivity index (χ4n) is 5.51. The fourth-order valence-corrected chi connectivity index (χ4v) is 5.51. The van der Waals surface area contributed by atoms with E-state index in [0.717, 1.165) is 59.9 Å². The molecule has 3 unspecified atom stereocenters. The normalized spacial score (nSPS) is 16.7. The van der Waals surface area contributed by atoms with Crippen molar-refractivity contribution in [2.24, 2.45) is 17.8 Å². The Labute approximate surface area is 207 Å². The molecular formula is C30H46O4. The molecule has 34 heavy (non-hydrogen) atoms. The Kier molecular flexibility index (Phi) is 12.6. The summed E-state index contributed by atoms with van der Waals surface area (Å²) >= 11 is 0. The summed E-state index contributed by atoms with van der Waals surface area (Å²) in [6.07, 6.45) is 6.47. The number of fused-ring (bicyclic) bond motifs is 1. The van der Waals surface area contributed by atoms with Gasteiger partial charge in [0.2, 0.25) is 0 Å². The van der Waals surface area contributed by atoms with Gasteiger partial charge in [-0.05, 0) is 81.0 Å². The molecule has 0 radical (unpaired) electrons. The van der Waals surface area contributed by atoms with Crippen molar-refractivity contribution in [1.29, 1.82) is 0 Å². The number of benzene rings is 1. The maximum Gasteiger partial charge on any atom is 0.163 e. The van der Waals surface area contributed by atoms with Crippen molar-refractivity contribution in [3.8, 4) is 0 Å². The Hall–Kier alpha value is -2.10. The number of rotatable bonds is 11. The van der Waals surface area contributed by atoms with Crippen molar-refractivity contribution in [1.82, 2.24) is 0 Å². The van der Waals surface area contributed by atoms with Crippen LogP contribution < -0.4 is 0 Å². The van der Waals surface area contributed by atoms with Crippen LogP contribution in [0.25, 0.3) is 0 Å². The third kappa shape index (κ3) is 8.29. The average Bonchev–Trinajstić information content (AvgIpc) is 2.72. The molecule has 1 aliphatic carbocycles. The van der Waals surface area contributed by atoms with E-state index in [4.69, 9.17) is 0 Å². The first-order valence-corrected chi connectivity index (χ1v) is 13.2.